The van der Waals surface area contributed by atoms with Crippen LogP contribution >= 0.6 is 0 Å². The molecule has 0 spiro atoms. The third-order valence-electron chi connectivity index (χ3n) is 16.0. The molecule has 2 aromatic carbocycles. The third-order valence-corrected chi connectivity index (χ3v) is 16.0. The maximum absolute atomic E-state index is 14.1. The molecular weight excluding hydrogens is 1140 g/mol. The van der Waals surface area contributed by atoms with E-state index in [2.05, 4.69) is 20.8 Å². The smallest absolute Gasteiger partial charge is 0.417 e. The van der Waals surface area contributed by atoms with Crippen molar-refractivity contribution in [3.8, 4) is 22.5 Å². The zero-order valence-electron chi connectivity index (χ0n) is 50.3. The lowest BCUT2D eigenvalue weighted by Crippen LogP contribution is -2.49. The first-order valence-electron chi connectivity index (χ1n) is 29.9. The second-order valence-corrected chi connectivity index (χ2v) is 25.6. The summed E-state index contributed by atoms with van der Waals surface area (Å²) in [4.78, 5) is 56.0. The molecule has 24 heteroatoms. The van der Waals surface area contributed by atoms with Gasteiger partial charge in [-0.15, -0.1) is 0 Å². The summed E-state index contributed by atoms with van der Waals surface area (Å²) in [5.74, 6) is -8.07. The lowest BCUT2D eigenvalue weighted by atomic mass is 9.99. The minimum Gasteiger partial charge on any atom is -0.460 e. The second kappa shape index (κ2) is 27.6. The Morgan fingerprint density at radius 1 is 0.558 bits per heavy atom. The minimum absolute atomic E-state index is 0.0709. The average Bonchev–Trinajstić information content (AvgIpc) is 2.02. The van der Waals surface area contributed by atoms with Crippen LogP contribution in [0.1, 0.15) is 202 Å². The topological polar surface area (TPSA) is 153 Å². The van der Waals surface area contributed by atoms with Gasteiger partial charge in [0.25, 0.3) is 23.7 Å². The molecular formula is C62H82F10N8O6. The van der Waals surface area contributed by atoms with Gasteiger partial charge in [0.1, 0.15) is 11.2 Å². The van der Waals surface area contributed by atoms with E-state index in [4.69, 9.17) is 9.47 Å². The van der Waals surface area contributed by atoms with Crippen LogP contribution in [0.5, 0.6) is 0 Å². The van der Waals surface area contributed by atoms with Crippen molar-refractivity contribution in [2.45, 2.75) is 230 Å². The summed E-state index contributed by atoms with van der Waals surface area (Å²) in [6, 6.07) is 10.5. The van der Waals surface area contributed by atoms with E-state index in [1.54, 1.807) is 65.2 Å². The lowest BCUT2D eigenvalue weighted by molar-refractivity contribution is -0.156. The van der Waals surface area contributed by atoms with Crippen molar-refractivity contribution in [2.75, 3.05) is 26.2 Å². The molecule has 2 aliphatic carbocycles. The molecule has 14 nitrogen and oxygen atoms in total. The predicted molar refractivity (Wildman–Crippen MR) is 303 cm³/mol. The molecule has 476 valence electrons. The minimum atomic E-state index is -4.61. The van der Waals surface area contributed by atoms with Gasteiger partial charge in [-0.25, -0.2) is 17.6 Å². The molecule has 4 heterocycles. The Morgan fingerprint density at radius 2 is 0.895 bits per heavy atom. The monoisotopic (exact) mass is 1220 g/mol. The number of carbonyl (C=O) groups is 4. The van der Waals surface area contributed by atoms with Crippen LogP contribution < -0.4 is 10.6 Å². The predicted octanol–water partition coefficient (Wildman–Crippen LogP) is 14.0. The maximum atomic E-state index is 14.1. The number of esters is 2. The molecule has 86 heavy (non-hydrogen) atoms. The van der Waals surface area contributed by atoms with Crippen LogP contribution in [-0.4, -0.2) is 127 Å². The summed E-state index contributed by atoms with van der Waals surface area (Å²) in [7, 11) is 0. The van der Waals surface area contributed by atoms with Crippen molar-refractivity contribution in [3.63, 3.8) is 0 Å². The highest BCUT2D eigenvalue weighted by Crippen LogP contribution is 2.42. The maximum Gasteiger partial charge on any atom is 0.417 e. The molecule has 2 saturated carbocycles. The number of nitrogens with zero attached hydrogens (tertiary/aromatic N) is 6. The number of hydrogen-bond donors (Lipinski definition) is 2. The number of carbonyl (C=O) groups excluding carboxylic acids is 4. The number of ether oxygens (including phenoxy) is 2. The van der Waals surface area contributed by atoms with E-state index in [-0.39, 0.29) is 96.6 Å². The number of piperidine rings is 2. The number of benzene rings is 2. The molecule has 2 saturated heterocycles. The summed E-state index contributed by atoms with van der Waals surface area (Å²) >= 11 is 0. The molecule has 4 aromatic rings. The molecule has 8 rings (SSSR count). The molecule has 2 unspecified atom stereocenters. The first-order chi connectivity index (χ1) is 40.0. The number of alkyl halides is 10. The van der Waals surface area contributed by atoms with Gasteiger partial charge in [-0.1, -0.05) is 62.1 Å². The van der Waals surface area contributed by atoms with Crippen molar-refractivity contribution < 1.29 is 72.6 Å². The quantitative estimate of drug-likeness (QED) is 0.0727. The third kappa shape index (κ3) is 19.0. The van der Waals surface area contributed by atoms with Crippen LogP contribution in [0.4, 0.5) is 43.9 Å². The molecule has 4 atom stereocenters. The van der Waals surface area contributed by atoms with Crippen molar-refractivity contribution in [1.29, 1.82) is 0 Å². The summed E-state index contributed by atoms with van der Waals surface area (Å²) in [5.41, 5.74) is -3.10. The van der Waals surface area contributed by atoms with Crippen LogP contribution in [0, 0.1) is 0 Å². The van der Waals surface area contributed by atoms with E-state index >= 15 is 0 Å². The summed E-state index contributed by atoms with van der Waals surface area (Å²) < 4.78 is 154. The van der Waals surface area contributed by atoms with E-state index in [1.165, 1.54) is 57.9 Å². The molecule has 2 N–H and O–H groups in total. The molecule has 2 amide bonds. The Hall–Kier alpha value is -6.04. The number of likely N-dealkylation sites (tertiary alicyclic amines) is 2. The van der Waals surface area contributed by atoms with E-state index < -0.39 is 95.5 Å². The Morgan fingerprint density at radius 3 is 1.21 bits per heavy atom. The highest BCUT2D eigenvalue weighted by atomic mass is 19.4. The van der Waals surface area contributed by atoms with Gasteiger partial charge in [0, 0.05) is 48.1 Å². The van der Waals surface area contributed by atoms with Crippen LogP contribution in [0.25, 0.3) is 22.5 Å². The van der Waals surface area contributed by atoms with Gasteiger partial charge in [0.15, 0.2) is 11.4 Å². The molecule has 0 radical (unpaired) electrons. The molecule has 0 bridgehead atoms. The molecule has 4 aliphatic rings. The second-order valence-electron chi connectivity index (χ2n) is 25.6. The summed E-state index contributed by atoms with van der Waals surface area (Å²) in [5, 5.41) is 14.6. The van der Waals surface area contributed by atoms with Crippen molar-refractivity contribution in [1.82, 2.24) is 40.0 Å². The zero-order chi connectivity index (χ0) is 63.2. The van der Waals surface area contributed by atoms with Gasteiger partial charge in [-0.05, 0) is 144 Å². The molecule has 2 aromatic heterocycles. The van der Waals surface area contributed by atoms with E-state index in [1.807, 2.05) is 0 Å². The SMILES string of the molecule is CC(C[C@@H](CC(=O)OC(C)(C)C)NC(=O)c1cc(-c2ccccc2C(F)(F)F)n(C2CCCC2)n1)N1CCCC(F)(F)C1.CC(C[C@@H](CC(=O)OC(C)(C)C)NC(=O)c1cc(-c2ccccc2C(F)(F)F)n(C2CCCC2)n1)N1CCCC(F)(F)C1. The van der Waals surface area contributed by atoms with Crippen molar-refractivity contribution in [3.05, 3.63) is 83.2 Å². The van der Waals surface area contributed by atoms with E-state index in [9.17, 15) is 63.1 Å². The van der Waals surface area contributed by atoms with Gasteiger partial charge < -0.3 is 20.1 Å². The number of aromatic nitrogens is 4. The van der Waals surface area contributed by atoms with Gasteiger partial charge in [-0.2, -0.15) is 36.5 Å². The lowest BCUT2D eigenvalue weighted by Gasteiger charge is -2.37. The zero-order valence-corrected chi connectivity index (χ0v) is 50.3. The standard InChI is InChI=1S/2C31H41F5N4O3/c2*1-20(39-15-9-14-30(32,33)19-39)16-21(17-27(41)43-29(2,3)4)37-28(42)25-18-26(40(38-25)22-10-5-6-11-22)23-12-7-8-13-24(23)31(34,35)36/h2*7-8,12-13,18,20-22H,5-6,9-11,14-17,19H2,1-4H3,(H,37,42)/t2*20?,21-/m00/s1. The number of hydrogen-bond acceptors (Lipinski definition) is 10. The molecule has 4 fully saturated rings. The summed E-state index contributed by atoms with van der Waals surface area (Å²) in [6.45, 7) is 14.0. The normalized spacial score (nSPS) is 19.7. The van der Waals surface area contributed by atoms with Crippen molar-refractivity contribution >= 4 is 23.8 Å². The Kier molecular flexibility index (Phi) is 21.6. The van der Waals surface area contributed by atoms with Crippen LogP contribution in [0.15, 0.2) is 60.7 Å². The van der Waals surface area contributed by atoms with Gasteiger partial charge in [0.05, 0.1) is 60.5 Å². The van der Waals surface area contributed by atoms with Gasteiger partial charge in [-0.3, -0.25) is 38.3 Å². The van der Waals surface area contributed by atoms with E-state index in [0.717, 1.165) is 63.5 Å². The fraction of sp³-hybridized carbons (Fsp3) is 0.645. The van der Waals surface area contributed by atoms with Gasteiger partial charge >= 0.3 is 24.3 Å². The highest BCUT2D eigenvalue weighted by molar-refractivity contribution is 5.95. The average molecular weight is 1230 g/mol. The number of halogens is 10. The Labute approximate surface area is 496 Å². The number of amides is 2. The Balaban J connectivity index is 0.000000246. The first kappa shape index (κ1) is 67.5. The van der Waals surface area contributed by atoms with Crippen LogP contribution in [0.3, 0.4) is 0 Å². The van der Waals surface area contributed by atoms with E-state index in [0.29, 0.717) is 25.9 Å². The first-order valence-corrected chi connectivity index (χ1v) is 29.9. The Bertz CT molecular complexity index is 2760. The molecule has 2 aliphatic heterocycles. The fourth-order valence-electron chi connectivity index (χ4n) is 12.1. The highest BCUT2D eigenvalue weighted by Gasteiger charge is 2.41. The number of nitrogens with one attached hydrogen (secondary N) is 2. The van der Waals surface area contributed by atoms with Crippen LogP contribution in [-0.2, 0) is 31.4 Å². The fourth-order valence-corrected chi connectivity index (χ4v) is 12.1. The van der Waals surface area contributed by atoms with Crippen LogP contribution in [0.2, 0.25) is 0 Å². The van der Waals surface area contributed by atoms with Gasteiger partial charge in [0.2, 0.25) is 0 Å². The largest absolute Gasteiger partial charge is 0.460 e. The summed E-state index contributed by atoms with van der Waals surface area (Å²) in [6.07, 6.45) is -2.44. The van der Waals surface area contributed by atoms with Crippen molar-refractivity contribution in [2.24, 2.45) is 0 Å². The number of rotatable bonds is 18.